The van der Waals surface area contributed by atoms with Gasteiger partial charge in [0.15, 0.2) is 5.78 Å². The second kappa shape index (κ2) is 13.0. The van der Waals surface area contributed by atoms with Crippen molar-refractivity contribution in [3.63, 3.8) is 0 Å². The van der Waals surface area contributed by atoms with Crippen molar-refractivity contribution in [2.45, 2.75) is 90.0 Å². The highest BCUT2D eigenvalue weighted by Gasteiger charge is 2.19. The molecule has 0 saturated heterocycles. The van der Waals surface area contributed by atoms with E-state index in [1.165, 1.54) is 51.4 Å². The van der Waals surface area contributed by atoms with Crippen LogP contribution in [-0.4, -0.2) is 30.5 Å². The van der Waals surface area contributed by atoms with E-state index in [-0.39, 0.29) is 0 Å². The largest absolute Gasteiger partial charge is 0.321 e. The molecule has 0 aliphatic rings. The highest BCUT2D eigenvalue weighted by Crippen LogP contribution is 2.12. The fraction of sp³-hybridized carbons (Fsp3) is 0.938. The lowest BCUT2D eigenvalue weighted by molar-refractivity contribution is -0.118. The van der Waals surface area contributed by atoms with E-state index in [1.54, 1.807) is 0 Å². The van der Waals surface area contributed by atoms with E-state index < -0.39 is 27.7 Å². The molecule has 0 aromatic carbocycles. The predicted molar refractivity (Wildman–Crippen MR) is 90.5 cm³/mol. The van der Waals surface area contributed by atoms with Crippen molar-refractivity contribution in [3.05, 3.63) is 0 Å². The summed E-state index contributed by atoms with van der Waals surface area (Å²) in [6.07, 6.45) is 13.9. The maximum absolute atomic E-state index is 11.4. The van der Waals surface area contributed by atoms with Gasteiger partial charge in [-0.05, 0) is 6.42 Å². The van der Waals surface area contributed by atoms with Crippen molar-refractivity contribution in [2.24, 2.45) is 5.73 Å². The summed E-state index contributed by atoms with van der Waals surface area (Å²) in [7, 11) is -4.25. The Morgan fingerprint density at radius 2 is 1.32 bits per heavy atom. The third-order valence-corrected chi connectivity index (χ3v) is 4.51. The van der Waals surface area contributed by atoms with Gasteiger partial charge in [0.05, 0.1) is 6.04 Å². The van der Waals surface area contributed by atoms with Gasteiger partial charge in [-0.2, -0.15) is 8.42 Å². The normalized spacial score (nSPS) is 13.2. The minimum absolute atomic E-state index is 0.491. The summed E-state index contributed by atoms with van der Waals surface area (Å²) in [6.45, 7) is 2.22. The van der Waals surface area contributed by atoms with Gasteiger partial charge in [0.2, 0.25) is 0 Å². The van der Waals surface area contributed by atoms with Crippen LogP contribution in [0.5, 0.6) is 0 Å². The molecule has 5 nitrogen and oxygen atoms in total. The van der Waals surface area contributed by atoms with Gasteiger partial charge in [-0.15, -0.1) is 0 Å². The molecule has 0 bridgehead atoms. The van der Waals surface area contributed by atoms with Crippen LogP contribution in [0.15, 0.2) is 0 Å². The Bertz CT molecular complexity index is 382. The number of Topliss-reactive ketones (excluding diaryl/α,β-unsaturated/α-hetero) is 1. The molecule has 0 heterocycles. The lowest BCUT2D eigenvalue weighted by atomic mass is 10.0. The van der Waals surface area contributed by atoms with Crippen molar-refractivity contribution in [1.82, 2.24) is 0 Å². The van der Waals surface area contributed by atoms with Gasteiger partial charge in [0.25, 0.3) is 10.1 Å². The summed E-state index contributed by atoms with van der Waals surface area (Å²) in [6, 6.07) is -0.777. The third-order valence-electron chi connectivity index (χ3n) is 3.86. The molecule has 0 spiro atoms. The second-order valence-corrected chi connectivity index (χ2v) is 7.58. The molecule has 0 radical (unpaired) electrons. The van der Waals surface area contributed by atoms with Crippen LogP contribution in [0, 0.1) is 0 Å². The molecular weight excluding hydrogens is 302 g/mol. The van der Waals surface area contributed by atoms with Gasteiger partial charge >= 0.3 is 0 Å². The molecule has 3 N–H and O–H groups in total. The van der Waals surface area contributed by atoms with Crippen molar-refractivity contribution < 1.29 is 17.8 Å². The first-order valence-electron chi connectivity index (χ1n) is 8.60. The summed E-state index contributed by atoms with van der Waals surface area (Å²) < 4.78 is 29.8. The van der Waals surface area contributed by atoms with Gasteiger partial charge in [-0.1, -0.05) is 77.6 Å². The smallest absolute Gasteiger partial charge is 0.272 e. The Hall–Kier alpha value is -0.460. The molecule has 6 heteroatoms. The number of rotatable bonds is 15. The Balaban J connectivity index is 3.40. The average molecular weight is 336 g/mol. The number of carbonyl (C=O) groups excluding carboxylic acids is 1. The van der Waals surface area contributed by atoms with Crippen LogP contribution in [0.4, 0.5) is 0 Å². The zero-order valence-corrected chi connectivity index (χ0v) is 14.7. The van der Waals surface area contributed by atoms with Gasteiger partial charge in [-0.25, -0.2) is 0 Å². The summed E-state index contributed by atoms with van der Waals surface area (Å²) in [4.78, 5) is 11.4. The van der Waals surface area contributed by atoms with Crippen LogP contribution >= 0.6 is 0 Å². The highest BCUT2D eigenvalue weighted by molar-refractivity contribution is 7.86. The van der Waals surface area contributed by atoms with Crippen LogP contribution in [0.3, 0.4) is 0 Å². The highest BCUT2D eigenvalue weighted by atomic mass is 32.2. The molecule has 0 aliphatic carbocycles. The maximum atomic E-state index is 11.4. The summed E-state index contributed by atoms with van der Waals surface area (Å²) in [5.41, 5.74) is 5.62. The first-order valence-corrected chi connectivity index (χ1v) is 10.2. The van der Waals surface area contributed by atoms with Crippen molar-refractivity contribution >= 4 is 15.9 Å². The number of ketones is 1. The Morgan fingerprint density at radius 1 is 0.909 bits per heavy atom. The van der Waals surface area contributed by atoms with E-state index in [1.807, 2.05) is 0 Å². The van der Waals surface area contributed by atoms with Crippen molar-refractivity contribution in [2.75, 3.05) is 5.75 Å². The van der Waals surface area contributed by atoms with Crippen LogP contribution < -0.4 is 5.73 Å². The van der Waals surface area contributed by atoms with Crippen LogP contribution in [0.25, 0.3) is 0 Å². The fourth-order valence-corrected chi connectivity index (χ4v) is 3.05. The zero-order valence-electron chi connectivity index (χ0n) is 13.9. The average Bonchev–Trinajstić information content (AvgIpc) is 2.42. The minimum Gasteiger partial charge on any atom is -0.321 e. The first kappa shape index (κ1) is 21.5. The molecule has 1 atom stereocenters. The zero-order chi connectivity index (χ0) is 16.8. The van der Waals surface area contributed by atoms with Crippen LogP contribution in [-0.2, 0) is 14.9 Å². The lowest BCUT2D eigenvalue weighted by Gasteiger charge is -2.09. The fourth-order valence-electron chi connectivity index (χ4n) is 2.48. The van der Waals surface area contributed by atoms with Crippen molar-refractivity contribution in [3.8, 4) is 0 Å². The van der Waals surface area contributed by atoms with E-state index in [0.717, 1.165) is 19.3 Å². The van der Waals surface area contributed by atoms with Gasteiger partial charge in [-0.3, -0.25) is 9.35 Å². The number of hydrogen-bond donors (Lipinski definition) is 2. The van der Waals surface area contributed by atoms with Crippen LogP contribution in [0.1, 0.15) is 84.0 Å². The molecule has 0 aromatic heterocycles. The van der Waals surface area contributed by atoms with Crippen molar-refractivity contribution in [1.29, 1.82) is 0 Å². The van der Waals surface area contributed by atoms with Gasteiger partial charge in [0.1, 0.15) is 5.75 Å². The monoisotopic (exact) mass is 335 g/mol. The molecule has 0 amide bonds. The van der Waals surface area contributed by atoms with E-state index in [0.29, 0.717) is 6.42 Å². The van der Waals surface area contributed by atoms with Crippen LogP contribution in [0.2, 0.25) is 0 Å². The summed E-state index contributed by atoms with van der Waals surface area (Å²) in [5.74, 6) is -1.47. The molecule has 0 saturated carbocycles. The summed E-state index contributed by atoms with van der Waals surface area (Å²) in [5, 5.41) is 0. The molecule has 0 aliphatic heterocycles. The maximum Gasteiger partial charge on any atom is 0.272 e. The number of nitrogens with two attached hydrogens (primary N) is 1. The quantitative estimate of drug-likeness (QED) is 0.353. The Labute approximate surface area is 135 Å². The van der Waals surface area contributed by atoms with E-state index in [2.05, 4.69) is 6.92 Å². The number of hydrogen-bond acceptors (Lipinski definition) is 4. The van der Waals surface area contributed by atoms with E-state index in [4.69, 9.17) is 10.3 Å². The SMILES string of the molecule is CCCCCCCCCCCCCC(N)C(=O)CS(=O)(=O)O. The summed E-state index contributed by atoms with van der Waals surface area (Å²) >= 11 is 0. The van der Waals surface area contributed by atoms with E-state index in [9.17, 15) is 13.2 Å². The van der Waals surface area contributed by atoms with Gasteiger partial charge in [0, 0.05) is 0 Å². The lowest BCUT2D eigenvalue weighted by Crippen LogP contribution is -2.35. The number of unbranched alkanes of at least 4 members (excludes halogenated alkanes) is 10. The minimum atomic E-state index is -4.25. The molecule has 0 aromatic rings. The molecule has 22 heavy (non-hydrogen) atoms. The Kier molecular flexibility index (Phi) is 12.8. The molecule has 132 valence electrons. The molecule has 0 rings (SSSR count). The topological polar surface area (TPSA) is 97.5 Å². The standard InChI is InChI=1S/C16H33NO4S/c1-2-3-4-5-6-7-8-9-10-11-12-13-15(17)16(18)14-22(19,20)21/h15H,2-14,17H2,1H3,(H,19,20,21). The first-order chi connectivity index (χ1) is 10.4. The molecule has 1 unspecified atom stereocenters. The number of carbonyl (C=O) groups is 1. The third kappa shape index (κ3) is 14.5. The predicted octanol–water partition coefficient (Wildman–Crippen LogP) is 3.47. The molecule has 0 fully saturated rings. The van der Waals surface area contributed by atoms with Gasteiger partial charge < -0.3 is 5.73 Å². The second-order valence-electron chi connectivity index (χ2n) is 6.12. The van der Waals surface area contributed by atoms with E-state index >= 15 is 0 Å². The Morgan fingerprint density at radius 3 is 1.73 bits per heavy atom. The molecular formula is C16H33NO4S.